The van der Waals surface area contributed by atoms with Crippen LogP contribution in [0.25, 0.3) is 20.2 Å². The number of carbonyl (C=O) groups is 1. The second kappa shape index (κ2) is 5.30. The topological polar surface area (TPSA) is 60.2 Å². The van der Waals surface area contributed by atoms with Crippen LogP contribution in [-0.4, -0.2) is 5.91 Å². The van der Waals surface area contributed by atoms with Crippen LogP contribution < -0.4 is 11.2 Å². The third-order valence-corrected chi connectivity index (χ3v) is 4.69. The standard InChI is InChI=1S/C17H15NO2S/c1-2-3-10-4-7-14-13(8-10)16(19)12-6-5-11(17(18)20)9-15(12)21-14/h4-9H,2-3H2,1H3,(H2,18,20). The molecule has 1 heterocycles. The zero-order valence-corrected chi connectivity index (χ0v) is 12.5. The van der Waals surface area contributed by atoms with Crippen molar-refractivity contribution in [3.63, 3.8) is 0 Å². The fraction of sp³-hybridized carbons (Fsp3) is 0.176. The summed E-state index contributed by atoms with van der Waals surface area (Å²) in [4.78, 5) is 23.9. The maximum absolute atomic E-state index is 12.6. The van der Waals surface area contributed by atoms with Crippen molar-refractivity contribution in [2.24, 2.45) is 5.73 Å². The number of aryl methyl sites for hydroxylation is 1. The average Bonchev–Trinajstić information content (AvgIpc) is 2.48. The minimum Gasteiger partial charge on any atom is -0.366 e. The maximum atomic E-state index is 12.6. The van der Waals surface area contributed by atoms with Gasteiger partial charge < -0.3 is 5.73 Å². The molecule has 0 fully saturated rings. The lowest BCUT2D eigenvalue weighted by atomic mass is 10.1. The monoisotopic (exact) mass is 297 g/mol. The van der Waals surface area contributed by atoms with E-state index in [1.165, 1.54) is 16.9 Å². The summed E-state index contributed by atoms with van der Waals surface area (Å²) in [6, 6.07) is 11.0. The van der Waals surface area contributed by atoms with Crippen molar-refractivity contribution in [1.29, 1.82) is 0 Å². The summed E-state index contributed by atoms with van der Waals surface area (Å²) < 4.78 is 1.74. The van der Waals surface area contributed by atoms with Crippen LogP contribution in [0, 0.1) is 0 Å². The molecule has 4 heteroatoms. The molecule has 1 aromatic heterocycles. The Morgan fingerprint density at radius 3 is 2.62 bits per heavy atom. The molecule has 21 heavy (non-hydrogen) atoms. The predicted molar refractivity (Wildman–Crippen MR) is 88.1 cm³/mol. The first kappa shape index (κ1) is 13.8. The van der Waals surface area contributed by atoms with E-state index in [0.29, 0.717) is 10.9 Å². The Balaban J connectivity index is 2.32. The lowest BCUT2D eigenvalue weighted by molar-refractivity contribution is 0.100. The van der Waals surface area contributed by atoms with Crippen LogP contribution in [0.4, 0.5) is 0 Å². The Morgan fingerprint density at radius 1 is 1.10 bits per heavy atom. The van der Waals surface area contributed by atoms with Gasteiger partial charge in [-0.2, -0.15) is 0 Å². The molecule has 0 saturated heterocycles. The van der Waals surface area contributed by atoms with Gasteiger partial charge >= 0.3 is 0 Å². The van der Waals surface area contributed by atoms with Gasteiger partial charge in [0.25, 0.3) is 0 Å². The quantitative estimate of drug-likeness (QED) is 0.752. The van der Waals surface area contributed by atoms with Crippen molar-refractivity contribution in [2.75, 3.05) is 0 Å². The first-order chi connectivity index (χ1) is 10.1. The van der Waals surface area contributed by atoms with Gasteiger partial charge in [-0.25, -0.2) is 0 Å². The predicted octanol–water partition coefficient (Wildman–Crippen LogP) is 3.47. The van der Waals surface area contributed by atoms with Gasteiger partial charge in [-0.1, -0.05) is 19.4 Å². The van der Waals surface area contributed by atoms with Crippen molar-refractivity contribution < 1.29 is 4.79 Å². The van der Waals surface area contributed by atoms with Gasteiger partial charge in [-0.15, -0.1) is 11.3 Å². The average molecular weight is 297 g/mol. The summed E-state index contributed by atoms with van der Waals surface area (Å²) in [6.45, 7) is 2.12. The maximum Gasteiger partial charge on any atom is 0.248 e. The number of carbonyl (C=O) groups excluding carboxylic acids is 1. The van der Waals surface area contributed by atoms with Crippen LogP contribution in [0.1, 0.15) is 29.3 Å². The minimum atomic E-state index is -0.477. The van der Waals surface area contributed by atoms with Crippen molar-refractivity contribution in [3.05, 3.63) is 57.7 Å². The Labute approximate surface area is 126 Å². The van der Waals surface area contributed by atoms with Gasteiger partial charge in [0.2, 0.25) is 5.91 Å². The molecule has 0 spiro atoms. The molecule has 0 unspecified atom stereocenters. The lowest BCUT2D eigenvalue weighted by Crippen LogP contribution is -2.11. The molecule has 0 aliphatic carbocycles. The molecule has 0 aliphatic heterocycles. The highest BCUT2D eigenvalue weighted by Gasteiger charge is 2.09. The number of rotatable bonds is 3. The highest BCUT2D eigenvalue weighted by Crippen LogP contribution is 2.26. The first-order valence-electron chi connectivity index (χ1n) is 6.89. The van der Waals surface area contributed by atoms with Gasteiger partial charge in [-0.05, 0) is 42.3 Å². The highest BCUT2D eigenvalue weighted by molar-refractivity contribution is 7.24. The number of nitrogens with two attached hydrogens (primary N) is 1. The van der Waals surface area contributed by atoms with Gasteiger partial charge in [0.15, 0.2) is 5.43 Å². The molecule has 3 aromatic rings. The van der Waals surface area contributed by atoms with Crippen LogP contribution in [-0.2, 0) is 6.42 Å². The summed E-state index contributed by atoms with van der Waals surface area (Å²) in [7, 11) is 0. The number of benzene rings is 2. The van der Waals surface area contributed by atoms with E-state index in [4.69, 9.17) is 5.73 Å². The van der Waals surface area contributed by atoms with Crippen LogP contribution in [0.5, 0.6) is 0 Å². The molecule has 0 aliphatic rings. The summed E-state index contributed by atoms with van der Waals surface area (Å²) in [5.41, 5.74) is 6.93. The highest BCUT2D eigenvalue weighted by atomic mass is 32.1. The lowest BCUT2D eigenvalue weighted by Gasteiger charge is -2.05. The summed E-state index contributed by atoms with van der Waals surface area (Å²) in [5.74, 6) is -0.477. The van der Waals surface area contributed by atoms with E-state index in [9.17, 15) is 9.59 Å². The van der Waals surface area contributed by atoms with Crippen molar-refractivity contribution >= 4 is 37.4 Å². The third-order valence-electron chi connectivity index (χ3n) is 3.56. The van der Waals surface area contributed by atoms with E-state index in [1.54, 1.807) is 18.2 Å². The smallest absolute Gasteiger partial charge is 0.248 e. The molecule has 0 atom stereocenters. The Hall–Kier alpha value is -2.20. The third kappa shape index (κ3) is 2.43. The fourth-order valence-corrected chi connectivity index (χ4v) is 3.59. The molecule has 106 valence electrons. The molecular formula is C17H15NO2S. The van der Waals surface area contributed by atoms with E-state index < -0.39 is 5.91 Å². The Bertz CT molecular complexity index is 912. The SMILES string of the molecule is CCCc1ccc2sc3cc(C(N)=O)ccc3c(=O)c2c1. The molecule has 0 saturated carbocycles. The number of hydrogen-bond acceptors (Lipinski definition) is 3. The Kier molecular flexibility index (Phi) is 3.47. The molecule has 2 aromatic carbocycles. The van der Waals surface area contributed by atoms with E-state index in [0.717, 1.165) is 27.6 Å². The van der Waals surface area contributed by atoms with Crippen LogP contribution in [0.15, 0.2) is 41.2 Å². The summed E-state index contributed by atoms with van der Waals surface area (Å²) >= 11 is 1.52. The number of hydrogen-bond donors (Lipinski definition) is 1. The zero-order valence-electron chi connectivity index (χ0n) is 11.7. The number of fused-ring (bicyclic) bond motifs is 2. The molecular weight excluding hydrogens is 282 g/mol. The van der Waals surface area contributed by atoms with Crippen molar-refractivity contribution in [1.82, 2.24) is 0 Å². The van der Waals surface area contributed by atoms with Gasteiger partial charge in [0, 0.05) is 25.7 Å². The van der Waals surface area contributed by atoms with E-state index in [1.807, 2.05) is 12.1 Å². The zero-order chi connectivity index (χ0) is 15.0. The Morgan fingerprint density at radius 2 is 1.90 bits per heavy atom. The molecule has 0 radical (unpaired) electrons. The molecule has 2 N–H and O–H groups in total. The van der Waals surface area contributed by atoms with E-state index in [-0.39, 0.29) is 5.43 Å². The van der Waals surface area contributed by atoms with Gasteiger partial charge in [0.1, 0.15) is 0 Å². The number of amides is 1. The molecule has 1 amide bonds. The normalized spacial score (nSPS) is 11.1. The second-order valence-electron chi connectivity index (χ2n) is 5.09. The van der Waals surface area contributed by atoms with Gasteiger partial charge in [-0.3, -0.25) is 9.59 Å². The van der Waals surface area contributed by atoms with Gasteiger partial charge in [0.05, 0.1) is 0 Å². The van der Waals surface area contributed by atoms with Crippen molar-refractivity contribution in [3.8, 4) is 0 Å². The fourth-order valence-electron chi connectivity index (χ4n) is 2.50. The summed E-state index contributed by atoms with van der Waals surface area (Å²) in [5, 5.41) is 1.40. The van der Waals surface area contributed by atoms with Crippen LogP contribution in [0.3, 0.4) is 0 Å². The first-order valence-corrected chi connectivity index (χ1v) is 7.71. The van der Waals surface area contributed by atoms with Crippen molar-refractivity contribution in [2.45, 2.75) is 19.8 Å². The summed E-state index contributed by atoms with van der Waals surface area (Å²) in [6.07, 6.45) is 2.03. The van der Waals surface area contributed by atoms with Crippen LogP contribution >= 0.6 is 11.3 Å². The van der Waals surface area contributed by atoms with Crippen LogP contribution in [0.2, 0.25) is 0 Å². The molecule has 3 rings (SSSR count). The molecule has 0 bridgehead atoms. The largest absolute Gasteiger partial charge is 0.366 e. The molecule has 3 nitrogen and oxygen atoms in total. The van der Waals surface area contributed by atoms with E-state index in [2.05, 4.69) is 13.0 Å². The number of primary amides is 1. The minimum absolute atomic E-state index is 0.0210. The second-order valence-corrected chi connectivity index (χ2v) is 6.17. The van der Waals surface area contributed by atoms with E-state index >= 15 is 0 Å².